The Hall–Kier alpha value is -0.422. The molecule has 0 saturated heterocycles. The molecule has 0 aliphatic heterocycles. The van der Waals surface area contributed by atoms with E-state index in [2.05, 4.69) is 6.07 Å². The summed E-state index contributed by atoms with van der Waals surface area (Å²) in [4.78, 5) is 0. The molecule has 2 heteroatoms. The van der Waals surface area contributed by atoms with Crippen LogP contribution in [0.1, 0.15) is 26.3 Å². The van der Waals surface area contributed by atoms with Gasteiger partial charge in [-0.25, -0.2) is 0 Å². The first kappa shape index (κ1) is 12.6. The normalized spacial score (nSPS) is 10.4. The summed E-state index contributed by atoms with van der Waals surface area (Å²) in [5, 5.41) is 9.74. The molecule has 0 aliphatic carbocycles. The summed E-state index contributed by atoms with van der Waals surface area (Å²) >= 11 is 0. The predicted molar refractivity (Wildman–Crippen MR) is 52.2 cm³/mol. The van der Waals surface area contributed by atoms with Crippen LogP contribution in [0.2, 0.25) is 0 Å². The van der Waals surface area contributed by atoms with Crippen molar-refractivity contribution in [2.24, 2.45) is 5.41 Å². The van der Waals surface area contributed by atoms with Crippen LogP contribution in [0.4, 0.5) is 0 Å². The monoisotopic (exact) mass is 343 g/mol. The van der Waals surface area contributed by atoms with Crippen LogP contribution in [-0.4, -0.2) is 5.71 Å². The molecule has 0 fully saturated rings. The van der Waals surface area contributed by atoms with Crippen LogP contribution in [0.3, 0.4) is 0 Å². The van der Waals surface area contributed by atoms with E-state index in [4.69, 9.17) is 0 Å². The second kappa shape index (κ2) is 4.71. The van der Waals surface area contributed by atoms with Gasteiger partial charge in [0.1, 0.15) is 0 Å². The Labute approximate surface area is 94.3 Å². The van der Waals surface area contributed by atoms with Gasteiger partial charge < -0.3 is 5.41 Å². The zero-order valence-electron chi connectivity index (χ0n) is 8.16. The number of hydrogen-bond acceptors (Lipinski definition) is 0. The Morgan fingerprint density at radius 2 is 1.92 bits per heavy atom. The Bertz CT molecular complexity index is 272. The third-order valence-electron chi connectivity index (χ3n) is 1.67. The average Bonchev–Trinajstić information content (AvgIpc) is 2.03. The van der Waals surface area contributed by atoms with E-state index < -0.39 is 0 Å². The van der Waals surface area contributed by atoms with E-state index in [0.29, 0.717) is 5.71 Å². The van der Waals surface area contributed by atoms with Crippen molar-refractivity contribution in [1.82, 2.24) is 0 Å². The molecule has 1 rings (SSSR count). The molecule has 1 aromatic carbocycles. The minimum atomic E-state index is -0.197. The van der Waals surface area contributed by atoms with Gasteiger partial charge in [-0.3, -0.25) is 5.71 Å². The van der Waals surface area contributed by atoms with E-state index in [1.807, 2.05) is 39.0 Å². The zero-order valence-corrected chi connectivity index (χ0v) is 11.1. The second-order valence-electron chi connectivity index (χ2n) is 3.87. The fourth-order valence-corrected chi connectivity index (χ4v) is 0.945. The molecule has 0 radical (unpaired) electrons. The van der Waals surface area contributed by atoms with Crippen molar-refractivity contribution < 1.29 is 21.1 Å². The van der Waals surface area contributed by atoms with Crippen LogP contribution >= 0.6 is 0 Å². The third-order valence-corrected chi connectivity index (χ3v) is 1.67. The molecular formula is C11H13NW. The predicted octanol–water partition coefficient (Wildman–Crippen LogP) is 2.89. The van der Waals surface area contributed by atoms with E-state index in [1.54, 1.807) is 6.07 Å². The summed E-state index contributed by atoms with van der Waals surface area (Å²) < 4.78 is 0. The van der Waals surface area contributed by atoms with Gasteiger partial charge in [0, 0.05) is 0 Å². The van der Waals surface area contributed by atoms with Crippen LogP contribution in [-0.2, 0) is 21.1 Å². The maximum atomic E-state index is 9.74. The second-order valence-corrected chi connectivity index (χ2v) is 3.87. The van der Waals surface area contributed by atoms with Crippen molar-refractivity contribution in [3.63, 3.8) is 0 Å². The zero-order chi connectivity index (χ0) is 9.19. The van der Waals surface area contributed by atoms with Gasteiger partial charge in [-0.05, 0) is 0 Å². The quantitative estimate of drug-likeness (QED) is 0.553. The molecule has 0 amide bonds. The topological polar surface area (TPSA) is 22.3 Å². The summed E-state index contributed by atoms with van der Waals surface area (Å²) in [5.41, 5.74) is 0.978. The molecule has 0 spiro atoms. The Kier molecular flexibility index (Phi) is 4.56. The molecule has 0 atom stereocenters. The van der Waals surface area contributed by atoms with Gasteiger partial charge in [0.05, 0.1) is 0 Å². The van der Waals surface area contributed by atoms with Gasteiger partial charge in [-0.15, -0.1) is 30.3 Å². The summed E-state index contributed by atoms with van der Waals surface area (Å²) in [6.45, 7) is 5.93. The number of hydrogen-bond donors (Lipinski definition) is 0. The van der Waals surface area contributed by atoms with Crippen molar-refractivity contribution >= 4 is 5.71 Å². The van der Waals surface area contributed by atoms with Crippen LogP contribution < -0.4 is 0 Å². The molecule has 1 aromatic rings. The van der Waals surface area contributed by atoms with Crippen LogP contribution in [0, 0.1) is 11.5 Å². The van der Waals surface area contributed by atoms with Gasteiger partial charge >= 0.3 is 21.1 Å². The largest absolute Gasteiger partial charge is 2.00 e. The molecule has 0 bridgehead atoms. The van der Waals surface area contributed by atoms with Gasteiger partial charge in [-0.2, -0.15) is 5.56 Å². The van der Waals surface area contributed by atoms with Crippen molar-refractivity contribution in [2.75, 3.05) is 0 Å². The van der Waals surface area contributed by atoms with Crippen LogP contribution in [0.15, 0.2) is 24.3 Å². The summed E-state index contributed by atoms with van der Waals surface area (Å²) in [5.74, 6) is 0. The molecule has 0 heterocycles. The maximum absolute atomic E-state index is 9.74. The molecular weight excluding hydrogens is 330 g/mol. The van der Waals surface area contributed by atoms with E-state index in [0.717, 1.165) is 5.56 Å². The van der Waals surface area contributed by atoms with Gasteiger partial charge in [-0.1, -0.05) is 26.2 Å². The Morgan fingerprint density at radius 1 is 1.31 bits per heavy atom. The van der Waals surface area contributed by atoms with Crippen molar-refractivity contribution in [3.8, 4) is 0 Å². The Balaban J connectivity index is 0.00000144. The minimum Gasteiger partial charge on any atom is -0.858 e. The SMILES string of the molecule is CC(C)(C)C(=[N-])c1[c-]cccc1.[W+2]. The van der Waals surface area contributed by atoms with E-state index >= 15 is 0 Å². The summed E-state index contributed by atoms with van der Waals surface area (Å²) in [6, 6.07) is 10.4. The van der Waals surface area contributed by atoms with Gasteiger partial charge in [0.2, 0.25) is 0 Å². The molecule has 1 nitrogen and oxygen atoms in total. The first-order valence-electron chi connectivity index (χ1n) is 4.05. The maximum Gasteiger partial charge on any atom is 2.00 e. The number of rotatable bonds is 1. The van der Waals surface area contributed by atoms with E-state index in [1.165, 1.54) is 0 Å². The molecule has 68 valence electrons. The molecule has 0 unspecified atom stereocenters. The van der Waals surface area contributed by atoms with E-state index in [9.17, 15) is 5.41 Å². The molecule has 0 aromatic heterocycles. The first-order chi connectivity index (χ1) is 5.52. The third kappa shape index (κ3) is 3.44. The molecule has 0 aliphatic rings. The van der Waals surface area contributed by atoms with Crippen LogP contribution in [0.25, 0.3) is 5.41 Å². The average molecular weight is 343 g/mol. The van der Waals surface area contributed by atoms with Crippen molar-refractivity contribution in [3.05, 3.63) is 41.3 Å². The smallest absolute Gasteiger partial charge is 0.858 e. The molecule has 0 N–H and O–H groups in total. The summed E-state index contributed by atoms with van der Waals surface area (Å²) in [7, 11) is 0. The van der Waals surface area contributed by atoms with Crippen LogP contribution in [0.5, 0.6) is 0 Å². The van der Waals surface area contributed by atoms with Crippen molar-refractivity contribution in [2.45, 2.75) is 20.8 Å². The number of nitrogens with zero attached hydrogens (tertiary/aromatic N) is 1. The fraction of sp³-hybridized carbons (Fsp3) is 0.364. The molecule has 0 saturated carbocycles. The Morgan fingerprint density at radius 3 is 2.31 bits per heavy atom. The summed E-state index contributed by atoms with van der Waals surface area (Å²) in [6.07, 6.45) is 0. The first-order valence-corrected chi connectivity index (χ1v) is 4.05. The fourth-order valence-electron chi connectivity index (χ4n) is 0.945. The minimum absolute atomic E-state index is 0. The molecule has 13 heavy (non-hydrogen) atoms. The van der Waals surface area contributed by atoms with Gasteiger partial charge in [0.25, 0.3) is 0 Å². The van der Waals surface area contributed by atoms with Crippen molar-refractivity contribution in [1.29, 1.82) is 0 Å². The number of benzene rings is 1. The standard InChI is InChI=1S/C11H13N.W/c1-11(2,3)10(12)9-7-5-4-6-8-9;/h4-7H,1-3H3;/q-2;+2. The van der Waals surface area contributed by atoms with E-state index in [-0.39, 0.29) is 26.5 Å². The van der Waals surface area contributed by atoms with Gasteiger partial charge in [0.15, 0.2) is 0 Å².